The number of hydrogen-bond donors (Lipinski definition) is 0. The fourth-order valence-electron chi connectivity index (χ4n) is 27.1. The van der Waals surface area contributed by atoms with Gasteiger partial charge in [0.05, 0.1) is 0 Å². The number of rotatable bonds is 34. The molecule has 2 aromatic heterocycles. The summed E-state index contributed by atoms with van der Waals surface area (Å²) in [6, 6.07) is 110. The van der Waals surface area contributed by atoms with Gasteiger partial charge in [-0.3, -0.25) is 0 Å². The van der Waals surface area contributed by atoms with Gasteiger partial charge in [-0.1, -0.05) is 464 Å². The van der Waals surface area contributed by atoms with Gasteiger partial charge in [0, 0.05) is 48.9 Å². The third kappa shape index (κ3) is 14.6. The molecule has 23 rings (SSSR count). The molecule has 682 valence electrons. The van der Waals surface area contributed by atoms with Crippen LogP contribution in [0.4, 0.5) is 0 Å². The van der Waals surface area contributed by atoms with E-state index in [9.17, 15) is 0 Å². The second-order valence-electron chi connectivity index (χ2n) is 43.5. The molecule has 4 aliphatic carbocycles. The minimum absolute atomic E-state index is 0.0409. The molecule has 0 bridgehead atoms. The van der Waals surface area contributed by atoms with E-state index in [0.717, 1.165) is 28.8 Å². The van der Waals surface area contributed by atoms with Crippen LogP contribution in [-0.4, -0.2) is 16.1 Å². The number of furan rings is 2. The van der Waals surface area contributed by atoms with Crippen molar-refractivity contribution in [2.75, 3.05) is 0 Å². The van der Waals surface area contributed by atoms with E-state index >= 15 is 0 Å². The molecule has 4 heterocycles. The predicted molar refractivity (Wildman–Crippen MR) is 588 cm³/mol. The van der Waals surface area contributed by atoms with Gasteiger partial charge in [0.15, 0.2) is 0 Å². The zero-order chi connectivity index (χ0) is 92.4. The second-order valence-corrected chi connectivity index (χ2v) is 52.1. The van der Waals surface area contributed by atoms with Gasteiger partial charge >= 0.3 is 0 Å². The Morgan fingerprint density at radius 2 is 0.551 bits per heavy atom. The van der Waals surface area contributed by atoms with Gasteiger partial charge in [0.1, 0.15) is 38.5 Å². The van der Waals surface area contributed by atoms with Crippen LogP contribution in [0.2, 0.25) is 26.2 Å². The topological polar surface area (TPSA) is 26.3 Å². The molecular weight excluding hydrogens is 1670 g/mol. The summed E-state index contributed by atoms with van der Waals surface area (Å²) in [5.74, 6) is 0. The molecule has 0 saturated heterocycles. The Bertz CT molecular complexity index is 7500. The molecule has 0 fully saturated rings. The summed E-state index contributed by atoms with van der Waals surface area (Å²) in [6.45, 7) is 24.8. The fraction of sp³-hybridized carbons (Fsp3) is 0.318. The molecule has 0 N–H and O–H groups in total. The van der Waals surface area contributed by atoms with Gasteiger partial charge in [-0.25, -0.2) is 0 Å². The first-order valence-corrected chi connectivity index (χ1v) is 59.0. The number of fused-ring (bicyclic) bond motifs is 27. The zero-order valence-corrected chi connectivity index (χ0v) is 84.4. The minimum Gasteiger partial charge on any atom is -0.455 e. The lowest BCUT2D eigenvalue weighted by atomic mass is 9.70. The Hall–Kier alpha value is -11.7. The molecule has 4 heteroatoms. The summed E-state index contributed by atoms with van der Waals surface area (Å²) in [7, 11) is -5.03. The molecule has 2 nitrogen and oxygen atoms in total. The average Bonchev–Trinajstić information content (AvgIpc) is 1.50. The highest BCUT2D eigenvalue weighted by atomic mass is 28.3. The third-order valence-electron chi connectivity index (χ3n) is 34.3. The molecule has 2 aliphatic heterocycles. The van der Waals surface area contributed by atoms with E-state index in [4.69, 9.17) is 8.83 Å². The van der Waals surface area contributed by atoms with Crippen LogP contribution in [0, 0.1) is 0 Å². The Morgan fingerprint density at radius 3 is 1.01 bits per heavy atom. The molecule has 0 amide bonds. The summed E-state index contributed by atoms with van der Waals surface area (Å²) in [6.07, 6.45) is 37.6. The number of hydrogen-bond acceptors (Lipinski definition) is 2. The van der Waals surface area contributed by atoms with Gasteiger partial charge in [-0.15, -0.1) is 0 Å². The van der Waals surface area contributed by atoms with Crippen molar-refractivity contribution in [1.82, 2.24) is 0 Å². The van der Waals surface area contributed by atoms with Gasteiger partial charge in [-0.2, -0.15) is 0 Å². The number of para-hydroxylation sites is 2. The van der Waals surface area contributed by atoms with Crippen molar-refractivity contribution in [1.29, 1.82) is 0 Å². The summed E-state index contributed by atoms with van der Waals surface area (Å²) < 4.78 is 14.6. The highest BCUT2D eigenvalue weighted by Crippen LogP contribution is 2.60. The number of unbranched alkanes of at least 4 members (excludes halogenated alkanes) is 20. The molecular formula is C132H134O2Si2. The zero-order valence-electron chi connectivity index (χ0n) is 82.4. The molecule has 6 aliphatic rings. The molecule has 0 unspecified atom stereocenters. The van der Waals surface area contributed by atoms with E-state index in [-0.39, 0.29) is 16.2 Å². The summed E-state index contributed by atoms with van der Waals surface area (Å²) in [4.78, 5) is 0. The van der Waals surface area contributed by atoms with Gasteiger partial charge < -0.3 is 8.83 Å². The van der Waals surface area contributed by atoms with E-state index < -0.39 is 16.1 Å². The summed E-state index contributed by atoms with van der Waals surface area (Å²) in [5, 5.41) is 10.9. The van der Waals surface area contributed by atoms with Crippen LogP contribution in [0.3, 0.4) is 0 Å². The van der Waals surface area contributed by atoms with Gasteiger partial charge in [0.2, 0.25) is 0 Å². The van der Waals surface area contributed by atoms with Crippen molar-refractivity contribution >= 4 is 80.8 Å². The Morgan fingerprint density at radius 1 is 0.243 bits per heavy atom. The first kappa shape index (κ1) is 88.3. The van der Waals surface area contributed by atoms with E-state index in [2.05, 4.69) is 347 Å². The quantitative estimate of drug-likeness (QED) is 0.0297. The first-order chi connectivity index (χ1) is 66.5. The van der Waals surface area contributed by atoms with Crippen molar-refractivity contribution < 1.29 is 8.83 Å². The van der Waals surface area contributed by atoms with E-state index in [1.54, 1.807) is 32.6 Å². The maximum absolute atomic E-state index is 7.36. The van der Waals surface area contributed by atoms with E-state index in [1.807, 2.05) is 0 Å². The monoisotopic (exact) mass is 1810 g/mol. The third-order valence-corrected chi connectivity index (χ3v) is 41.6. The van der Waals surface area contributed by atoms with Gasteiger partial charge in [-0.05, 0) is 256 Å². The van der Waals surface area contributed by atoms with Crippen molar-refractivity contribution in [3.05, 3.63) is 324 Å². The summed E-state index contributed by atoms with van der Waals surface area (Å²) in [5.41, 5.74) is 47.6. The first-order valence-electron chi connectivity index (χ1n) is 53.0. The van der Waals surface area contributed by atoms with Crippen LogP contribution < -0.4 is 20.7 Å². The SMILES string of the molecule is CCCCCCCCC1(CCCCCCCC)c2ccccc2-c2ccc(-c3ccc4c(c3)Cc3cc(-c5ccc(-c6cc7c(c8oc9ccccc9c68)-c6ccc8c(c6[Si]7(C)C)[Si](C)(C)c6cc(-c7ccc(-c9ccc%10c(c9)C(C)(C)c9cc(-c%11ccc%12c(c%11)C(CCCCCCCC)(CCCCCCCC)c%11ccccc%11-%12)ccc9-%10)cc7)c7oc9ccccc9c7c6-8)cc5)ccc3-4)cc21. The van der Waals surface area contributed by atoms with E-state index in [1.165, 1.54) is 367 Å². The fourth-order valence-corrected chi connectivity index (χ4v) is 35.6. The molecule has 0 saturated carbocycles. The van der Waals surface area contributed by atoms with Crippen molar-refractivity contribution in [2.24, 2.45) is 0 Å². The van der Waals surface area contributed by atoms with Crippen LogP contribution in [0.25, 0.3) is 177 Å². The lowest BCUT2D eigenvalue weighted by Crippen LogP contribution is -2.63. The van der Waals surface area contributed by atoms with Gasteiger partial charge in [0.25, 0.3) is 0 Å². The molecule has 0 radical (unpaired) electrons. The van der Waals surface area contributed by atoms with Crippen molar-refractivity contribution in [3.63, 3.8) is 0 Å². The standard InChI is InChI=1S/C132H134O2Si2/c1-11-15-19-23-27-39-73-131(74-40-28-24-20-16-12-2)112-47-35-31-43-100(112)104-69-63-94(82-116(104)131)91-60-66-99-97(78-91)79-96-77-90(59-65-98(96)99)86-51-55-88(56-52-86)110-84-121-124(127-122(110)106-45-33-37-49-118(106)134-127)109-72-71-108-123-120(135(7,8)128(108)129(109)136(121,9)10)85-111(126-125(123)107-46-34-38-50-119(107)133-126)89-57-53-87(54-58-89)92-61-67-102-103-68-62-93(81-115(103)130(5,6)114(102)80-92)95-64-70-105-101-44-32-36-48-113(101)132(117(105)83-95,75-41-29-25-21-17-13-3)76-42-30-26-22-18-14-4/h31-38,43-72,77-78,80-85H,11-30,39-42,73-76,79H2,1-10H3. The average molecular weight is 1810 g/mol. The molecule has 15 aromatic carbocycles. The van der Waals surface area contributed by atoms with Crippen molar-refractivity contribution in [2.45, 2.75) is 270 Å². The normalized spacial score (nSPS) is 15.0. The molecule has 17 aromatic rings. The Kier molecular flexibility index (Phi) is 23.2. The van der Waals surface area contributed by atoms with Crippen LogP contribution in [0.1, 0.15) is 266 Å². The highest BCUT2D eigenvalue weighted by molar-refractivity contribution is 7.13. The minimum atomic E-state index is -2.51. The molecule has 136 heavy (non-hydrogen) atoms. The predicted octanol–water partition coefficient (Wildman–Crippen LogP) is 36.5. The Labute approximate surface area is 810 Å². The van der Waals surface area contributed by atoms with Crippen LogP contribution in [0.15, 0.2) is 288 Å². The van der Waals surface area contributed by atoms with Crippen LogP contribution in [0.5, 0.6) is 0 Å². The van der Waals surface area contributed by atoms with Crippen LogP contribution in [-0.2, 0) is 22.7 Å². The Balaban J connectivity index is 0.527. The summed E-state index contributed by atoms with van der Waals surface area (Å²) >= 11 is 0. The largest absolute Gasteiger partial charge is 0.455 e. The number of benzene rings is 15. The van der Waals surface area contributed by atoms with Crippen LogP contribution >= 0.6 is 0 Å². The lowest BCUT2D eigenvalue weighted by Gasteiger charge is -2.33. The smallest absolute Gasteiger partial charge is 0.143 e. The van der Waals surface area contributed by atoms with E-state index in [0.29, 0.717) is 0 Å². The highest BCUT2D eigenvalue weighted by Gasteiger charge is 2.51. The van der Waals surface area contributed by atoms with Crippen molar-refractivity contribution in [3.8, 4) is 134 Å². The maximum Gasteiger partial charge on any atom is 0.143 e. The maximum atomic E-state index is 7.36. The molecule has 0 spiro atoms. The lowest BCUT2D eigenvalue weighted by molar-refractivity contribution is 0.398. The second kappa shape index (κ2) is 35.7. The molecule has 0 atom stereocenters.